The molecule has 0 radical (unpaired) electrons. The van der Waals surface area contributed by atoms with Gasteiger partial charge in [0.1, 0.15) is 5.82 Å². The standard InChI is InChI=1S/C16H21N3/c17-16-11-15(18-19-16)14-10-6-5-9-13(14)12-7-3-1-2-4-8-12/h5-6,9-12H,1-4,7-8H2,(H3,17,18,19). The van der Waals surface area contributed by atoms with Crippen molar-refractivity contribution in [3.63, 3.8) is 0 Å². The van der Waals surface area contributed by atoms with Crippen LogP contribution < -0.4 is 5.73 Å². The fourth-order valence-corrected chi connectivity index (χ4v) is 3.16. The zero-order valence-corrected chi connectivity index (χ0v) is 11.2. The third kappa shape index (κ3) is 2.65. The lowest BCUT2D eigenvalue weighted by atomic mass is 9.87. The Morgan fingerprint density at radius 1 is 1.05 bits per heavy atom. The highest BCUT2D eigenvalue weighted by atomic mass is 15.2. The van der Waals surface area contributed by atoms with E-state index in [4.69, 9.17) is 5.73 Å². The SMILES string of the molecule is Nc1cc(-c2ccccc2C2CCCCCC2)[nH]n1. The van der Waals surface area contributed by atoms with Crippen molar-refractivity contribution in [2.45, 2.75) is 44.4 Å². The number of benzene rings is 1. The molecule has 0 spiro atoms. The summed E-state index contributed by atoms with van der Waals surface area (Å²) < 4.78 is 0. The van der Waals surface area contributed by atoms with E-state index in [-0.39, 0.29) is 0 Å². The van der Waals surface area contributed by atoms with Crippen molar-refractivity contribution < 1.29 is 0 Å². The Balaban J connectivity index is 1.96. The van der Waals surface area contributed by atoms with Gasteiger partial charge in [-0.25, -0.2) is 0 Å². The van der Waals surface area contributed by atoms with E-state index in [0.717, 1.165) is 5.69 Å². The predicted molar refractivity (Wildman–Crippen MR) is 78.9 cm³/mol. The molecular formula is C16H21N3. The molecule has 3 rings (SSSR count). The van der Waals surface area contributed by atoms with Crippen LogP contribution in [0.2, 0.25) is 0 Å². The number of rotatable bonds is 2. The monoisotopic (exact) mass is 255 g/mol. The van der Waals surface area contributed by atoms with Crippen molar-refractivity contribution in [2.75, 3.05) is 5.73 Å². The van der Waals surface area contributed by atoms with Crippen LogP contribution in [-0.2, 0) is 0 Å². The Labute approximate surface area is 114 Å². The zero-order valence-electron chi connectivity index (χ0n) is 11.2. The highest BCUT2D eigenvalue weighted by Gasteiger charge is 2.18. The molecule has 2 aromatic rings. The van der Waals surface area contributed by atoms with Gasteiger partial charge in [-0.2, -0.15) is 5.10 Å². The second kappa shape index (κ2) is 5.47. The Bertz CT molecular complexity index is 536. The number of aromatic nitrogens is 2. The molecule has 1 aromatic heterocycles. The molecule has 1 aliphatic rings. The molecule has 3 nitrogen and oxygen atoms in total. The third-order valence-corrected chi connectivity index (χ3v) is 4.14. The summed E-state index contributed by atoms with van der Waals surface area (Å²) in [6.45, 7) is 0. The summed E-state index contributed by atoms with van der Waals surface area (Å²) in [7, 11) is 0. The van der Waals surface area contributed by atoms with E-state index in [2.05, 4.69) is 34.5 Å². The average Bonchev–Trinajstić information content (AvgIpc) is 2.71. The van der Waals surface area contributed by atoms with Crippen LogP contribution in [0.25, 0.3) is 11.3 Å². The van der Waals surface area contributed by atoms with Crippen molar-refractivity contribution in [1.82, 2.24) is 10.2 Å². The number of nitrogens with zero attached hydrogens (tertiary/aromatic N) is 1. The molecule has 1 heterocycles. The molecule has 0 bridgehead atoms. The van der Waals surface area contributed by atoms with Gasteiger partial charge < -0.3 is 5.73 Å². The smallest absolute Gasteiger partial charge is 0.145 e. The maximum absolute atomic E-state index is 5.73. The van der Waals surface area contributed by atoms with Crippen LogP contribution in [0.5, 0.6) is 0 Å². The second-order valence-electron chi connectivity index (χ2n) is 5.48. The van der Waals surface area contributed by atoms with E-state index >= 15 is 0 Å². The Morgan fingerprint density at radius 3 is 2.47 bits per heavy atom. The lowest BCUT2D eigenvalue weighted by molar-refractivity contribution is 0.593. The molecular weight excluding hydrogens is 234 g/mol. The Kier molecular flexibility index (Phi) is 3.53. The van der Waals surface area contributed by atoms with Gasteiger partial charge in [0.25, 0.3) is 0 Å². The number of anilines is 1. The fraction of sp³-hybridized carbons (Fsp3) is 0.438. The Morgan fingerprint density at radius 2 is 1.79 bits per heavy atom. The normalized spacial score (nSPS) is 17.3. The number of nitrogens with one attached hydrogen (secondary N) is 1. The molecule has 0 saturated heterocycles. The number of hydrogen-bond donors (Lipinski definition) is 2. The molecule has 1 aliphatic carbocycles. The number of nitrogen functional groups attached to an aromatic ring is 1. The largest absolute Gasteiger partial charge is 0.382 e. The first-order valence-corrected chi connectivity index (χ1v) is 7.25. The zero-order chi connectivity index (χ0) is 13.1. The molecule has 0 aliphatic heterocycles. The van der Waals surface area contributed by atoms with Crippen molar-refractivity contribution in [3.05, 3.63) is 35.9 Å². The lowest BCUT2D eigenvalue weighted by Gasteiger charge is -2.18. The van der Waals surface area contributed by atoms with E-state index in [1.807, 2.05) is 6.07 Å². The quantitative estimate of drug-likeness (QED) is 0.794. The summed E-state index contributed by atoms with van der Waals surface area (Å²) in [4.78, 5) is 0. The number of hydrogen-bond acceptors (Lipinski definition) is 2. The van der Waals surface area contributed by atoms with Gasteiger partial charge in [0.2, 0.25) is 0 Å². The average molecular weight is 255 g/mol. The molecule has 3 N–H and O–H groups in total. The minimum absolute atomic E-state index is 0.561. The maximum atomic E-state index is 5.73. The van der Waals surface area contributed by atoms with Gasteiger partial charge in [-0.3, -0.25) is 5.10 Å². The molecule has 1 fully saturated rings. The van der Waals surface area contributed by atoms with E-state index in [1.165, 1.54) is 49.7 Å². The lowest BCUT2D eigenvalue weighted by Crippen LogP contribution is -2.00. The summed E-state index contributed by atoms with van der Waals surface area (Å²) in [6, 6.07) is 10.6. The molecule has 100 valence electrons. The topological polar surface area (TPSA) is 54.7 Å². The second-order valence-corrected chi connectivity index (χ2v) is 5.48. The molecule has 3 heteroatoms. The van der Waals surface area contributed by atoms with Gasteiger partial charge in [0.15, 0.2) is 0 Å². The van der Waals surface area contributed by atoms with E-state index < -0.39 is 0 Å². The molecule has 19 heavy (non-hydrogen) atoms. The Hall–Kier alpha value is -1.77. The van der Waals surface area contributed by atoms with Crippen LogP contribution >= 0.6 is 0 Å². The van der Waals surface area contributed by atoms with Gasteiger partial charge in [-0.15, -0.1) is 0 Å². The van der Waals surface area contributed by atoms with Gasteiger partial charge in [0, 0.05) is 11.6 Å². The summed E-state index contributed by atoms with van der Waals surface area (Å²) in [5, 5.41) is 7.09. The molecule has 1 aromatic carbocycles. The summed E-state index contributed by atoms with van der Waals surface area (Å²) >= 11 is 0. The van der Waals surface area contributed by atoms with Crippen LogP contribution in [0, 0.1) is 0 Å². The highest BCUT2D eigenvalue weighted by molar-refractivity contribution is 5.66. The molecule has 0 atom stereocenters. The molecule has 0 unspecified atom stereocenters. The summed E-state index contributed by atoms with van der Waals surface area (Å²) in [5.74, 6) is 1.24. The van der Waals surface area contributed by atoms with Crippen molar-refractivity contribution in [2.24, 2.45) is 0 Å². The van der Waals surface area contributed by atoms with Crippen LogP contribution in [0.3, 0.4) is 0 Å². The number of H-pyrrole nitrogens is 1. The first kappa shape index (κ1) is 12.3. The highest BCUT2D eigenvalue weighted by Crippen LogP contribution is 2.36. The van der Waals surface area contributed by atoms with Gasteiger partial charge in [-0.1, -0.05) is 49.9 Å². The predicted octanol–water partition coefficient (Wildman–Crippen LogP) is 4.10. The fourth-order valence-electron chi connectivity index (χ4n) is 3.16. The van der Waals surface area contributed by atoms with Crippen LogP contribution in [0.4, 0.5) is 5.82 Å². The van der Waals surface area contributed by atoms with Gasteiger partial charge >= 0.3 is 0 Å². The van der Waals surface area contributed by atoms with E-state index in [9.17, 15) is 0 Å². The van der Waals surface area contributed by atoms with Crippen molar-refractivity contribution >= 4 is 5.82 Å². The van der Waals surface area contributed by atoms with E-state index in [0.29, 0.717) is 11.7 Å². The first-order valence-electron chi connectivity index (χ1n) is 7.25. The molecule has 1 saturated carbocycles. The minimum atomic E-state index is 0.561. The first-order chi connectivity index (χ1) is 9.34. The maximum Gasteiger partial charge on any atom is 0.145 e. The van der Waals surface area contributed by atoms with Gasteiger partial charge in [0.05, 0.1) is 5.69 Å². The van der Waals surface area contributed by atoms with E-state index in [1.54, 1.807) is 0 Å². The van der Waals surface area contributed by atoms with Crippen molar-refractivity contribution in [3.8, 4) is 11.3 Å². The van der Waals surface area contributed by atoms with Crippen LogP contribution in [-0.4, -0.2) is 10.2 Å². The van der Waals surface area contributed by atoms with Crippen molar-refractivity contribution in [1.29, 1.82) is 0 Å². The molecule has 0 amide bonds. The van der Waals surface area contributed by atoms with Crippen LogP contribution in [0.15, 0.2) is 30.3 Å². The third-order valence-electron chi connectivity index (χ3n) is 4.14. The van der Waals surface area contributed by atoms with Gasteiger partial charge in [-0.05, 0) is 24.3 Å². The summed E-state index contributed by atoms with van der Waals surface area (Å²) in [5.41, 5.74) is 9.48. The minimum Gasteiger partial charge on any atom is -0.382 e. The summed E-state index contributed by atoms with van der Waals surface area (Å²) in [6.07, 6.45) is 8.08. The number of nitrogens with two attached hydrogens (primary N) is 1. The number of aromatic amines is 1. The van der Waals surface area contributed by atoms with Crippen LogP contribution in [0.1, 0.15) is 50.0 Å².